The SMILES string of the molecule is CN(C)C(=O)c1ccc(N(C)CCC(=O)O)nn1. The Morgan fingerprint density at radius 1 is 1.22 bits per heavy atom. The molecule has 0 spiro atoms. The molecule has 0 aliphatic carbocycles. The van der Waals surface area contributed by atoms with Crippen LogP contribution < -0.4 is 4.90 Å². The maximum atomic E-state index is 11.6. The van der Waals surface area contributed by atoms with Crippen LogP contribution in [0.4, 0.5) is 5.82 Å². The van der Waals surface area contributed by atoms with Crippen molar-refractivity contribution in [2.24, 2.45) is 0 Å². The molecule has 1 N–H and O–H groups in total. The number of nitrogens with zero attached hydrogens (tertiary/aromatic N) is 4. The molecular formula is C11H16N4O3. The van der Waals surface area contributed by atoms with Crippen LogP contribution in [0.3, 0.4) is 0 Å². The molecule has 7 heteroatoms. The number of anilines is 1. The predicted molar refractivity (Wildman–Crippen MR) is 65.6 cm³/mol. The quantitative estimate of drug-likeness (QED) is 0.799. The number of carbonyl (C=O) groups excluding carboxylic acids is 1. The first kappa shape index (κ1) is 13.9. The van der Waals surface area contributed by atoms with E-state index in [2.05, 4.69) is 10.2 Å². The molecule has 0 fully saturated rings. The third-order valence-electron chi connectivity index (χ3n) is 2.33. The summed E-state index contributed by atoms with van der Waals surface area (Å²) < 4.78 is 0. The van der Waals surface area contributed by atoms with Gasteiger partial charge < -0.3 is 14.9 Å². The predicted octanol–water partition coefficient (Wildman–Crippen LogP) is 0.0893. The molecule has 0 radical (unpaired) electrons. The first-order valence-electron chi connectivity index (χ1n) is 5.40. The Morgan fingerprint density at radius 3 is 2.33 bits per heavy atom. The molecule has 0 saturated heterocycles. The van der Waals surface area contributed by atoms with Crippen LogP contribution in [0.5, 0.6) is 0 Å². The van der Waals surface area contributed by atoms with E-state index in [1.54, 1.807) is 38.2 Å². The van der Waals surface area contributed by atoms with Crippen molar-refractivity contribution in [2.75, 3.05) is 32.6 Å². The van der Waals surface area contributed by atoms with Gasteiger partial charge in [-0.25, -0.2) is 0 Å². The van der Waals surface area contributed by atoms with Gasteiger partial charge in [-0.05, 0) is 12.1 Å². The molecule has 0 atom stereocenters. The number of hydrogen-bond donors (Lipinski definition) is 1. The highest BCUT2D eigenvalue weighted by atomic mass is 16.4. The fourth-order valence-corrected chi connectivity index (χ4v) is 1.25. The first-order chi connectivity index (χ1) is 8.41. The van der Waals surface area contributed by atoms with Crippen LogP contribution >= 0.6 is 0 Å². The smallest absolute Gasteiger partial charge is 0.305 e. The summed E-state index contributed by atoms with van der Waals surface area (Å²) in [5, 5.41) is 16.3. The molecule has 0 bridgehead atoms. The highest BCUT2D eigenvalue weighted by Gasteiger charge is 2.11. The second-order valence-corrected chi connectivity index (χ2v) is 4.04. The van der Waals surface area contributed by atoms with Gasteiger partial charge in [0.2, 0.25) is 0 Å². The number of carboxylic acid groups (broad SMARTS) is 1. The van der Waals surface area contributed by atoms with E-state index in [4.69, 9.17) is 5.11 Å². The second-order valence-electron chi connectivity index (χ2n) is 4.04. The average molecular weight is 252 g/mol. The minimum Gasteiger partial charge on any atom is -0.481 e. The van der Waals surface area contributed by atoms with Crippen molar-refractivity contribution in [3.63, 3.8) is 0 Å². The lowest BCUT2D eigenvalue weighted by atomic mass is 10.3. The van der Waals surface area contributed by atoms with E-state index in [0.29, 0.717) is 12.4 Å². The maximum absolute atomic E-state index is 11.6. The molecular weight excluding hydrogens is 236 g/mol. The van der Waals surface area contributed by atoms with Crippen LogP contribution in [0.25, 0.3) is 0 Å². The lowest BCUT2D eigenvalue weighted by Crippen LogP contribution is -2.25. The molecule has 98 valence electrons. The third kappa shape index (κ3) is 3.69. The van der Waals surface area contributed by atoms with Gasteiger partial charge in [-0.3, -0.25) is 9.59 Å². The molecule has 1 aromatic rings. The second kappa shape index (κ2) is 5.95. The van der Waals surface area contributed by atoms with E-state index in [1.807, 2.05) is 0 Å². The van der Waals surface area contributed by atoms with Gasteiger partial charge in [0.15, 0.2) is 11.5 Å². The fraction of sp³-hybridized carbons (Fsp3) is 0.455. The van der Waals surface area contributed by atoms with Crippen LogP contribution in [0.1, 0.15) is 16.9 Å². The van der Waals surface area contributed by atoms with E-state index >= 15 is 0 Å². The van der Waals surface area contributed by atoms with E-state index < -0.39 is 5.97 Å². The summed E-state index contributed by atoms with van der Waals surface area (Å²) in [6.45, 7) is 0.338. The molecule has 18 heavy (non-hydrogen) atoms. The van der Waals surface area contributed by atoms with Crippen molar-refractivity contribution in [2.45, 2.75) is 6.42 Å². The molecule has 1 aromatic heterocycles. The van der Waals surface area contributed by atoms with Crippen LogP contribution in [0, 0.1) is 0 Å². The van der Waals surface area contributed by atoms with Gasteiger partial charge in [0, 0.05) is 27.7 Å². The van der Waals surface area contributed by atoms with Crippen molar-refractivity contribution in [1.82, 2.24) is 15.1 Å². The zero-order valence-corrected chi connectivity index (χ0v) is 10.6. The summed E-state index contributed by atoms with van der Waals surface area (Å²) in [6, 6.07) is 3.22. The standard InChI is InChI=1S/C11H16N4O3/c1-14(2)11(18)8-4-5-9(13-12-8)15(3)7-6-10(16)17/h4-5H,6-7H2,1-3H3,(H,16,17). The van der Waals surface area contributed by atoms with Crippen LogP contribution in [0.15, 0.2) is 12.1 Å². The van der Waals surface area contributed by atoms with Crippen LogP contribution in [-0.2, 0) is 4.79 Å². The zero-order valence-electron chi connectivity index (χ0n) is 10.6. The number of hydrogen-bond acceptors (Lipinski definition) is 5. The lowest BCUT2D eigenvalue weighted by Gasteiger charge is -2.16. The van der Waals surface area contributed by atoms with Gasteiger partial charge in [-0.15, -0.1) is 10.2 Å². The van der Waals surface area contributed by atoms with Crippen molar-refractivity contribution in [3.8, 4) is 0 Å². The Morgan fingerprint density at radius 2 is 1.89 bits per heavy atom. The zero-order chi connectivity index (χ0) is 13.7. The summed E-state index contributed by atoms with van der Waals surface area (Å²) >= 11 is 0. The Kier molecular flexibility index (Phi) is 4.59. The van der Waals surface area contributed by atoms with Gasteiger partial charge in [-0.1, -0.05) is 0 Å². The Hall–Kier alpha value is -2.18. The summed E-state index contributed by atoms with van der Waals surface area (Å²) in [5.74, 6) is -0.553. The van der Waals surface area contributed by atoms with Gasteiger partial charge in [0.1, 0.15) is 0 Å². The molecule has 0 aliphatic heterocycles. The van der Waals surface area contributed by atoms with Gasteiger partial charge in [0.05, 0.1) is 6.42 Å². The molecule has 0 saturated carbocycles. The molecule has 1 amide bonds. The van der Waals surface area contributed by atoms with Gasteiger partial charge in [-0.2, -0.15) is 0 Å². The fourth-order valence-electron chi connectivity index (χ4n) is 1.25. The summed E-state index contributed by atoms with van der Waals surface area (Å²) in [4.78, 5) is 25.1. The van der Waals surface area contributed by atoms with Crippen LogP contribution in [-0.4, -0.2) is 59.8 Å². The minimum atomic E-state index is -0.866. The summed E-state index contributed by atoms with van der Waals surface area (Å²) in [7, 11) is 4.99. The number of amides is 1. The van der Waals surface area contributed by atoms with Crippen LogP contribution in [0.2, 0.25) is 0 Å². The van der Waals surface area contributed by atoms with E-state index in [1.165, 1.54) is 4.90 Å². The summed E-state index contributed by atoms with van der Waals surface area (Å²) in [5.41, 5.74) is 0.260. The first-order valence-corrected chi connectivity index (χ1v) is 5.40. The molecule has 1 rings (SSSR count). The average Bonchev–Trinajstić information content (AvgIpc) is 2.35. The molecule has 0 aromatic carbocycles. The largest absolute Gasteiger partial charge is 0.481 e. The topological polar surface area (TPSA) is 86.6 Å². The Balaban J connectivity index is 2.70. The highest BCUT2D eigenvalue weighted by Crippen LogP contribution is 2.08. The number of carbonyl (C=O) groups is 2. The lowest BCUT2D eigenvalue weighted by molar-refractivity contribution is -0.136. The van der Waals surface area contributed by atoms with Crippen molar-refractivity contribution in [1.29, 1.82) is 0 Å². The minimum absolute atomic E-state index is 0.0244. The van der Waals surface area contributed by atoms with Crippen molar-refractivity contribution >= 4 is 17.7 Å². The van der Waals surface area contributed by atoms with Gasteiger partial charge in [0.25, 0.3) is 5.91 Å². The highest BCUT2D eigenvalue weighted by molar-refractivity contribution is 5.91. The third-order valence-corrected chi connectivity index (χ3v) is 2.33. The number of carboxylic acids is 1. The molecule has 1 heterocycles. The summed E-state index contributed by atoms with van der Waals surface area (Å²) in [6.07, 6.45) is 0.0244. The van der Waals surface area contributed by atoms with Crippen molar-refractivity contribution < 1.29 is 14.7 Å². The number of rotatable bonds is 5. The molecule has 0 aliphatic rings. The Labute approximate surface area is 105 Å². The Bertz CT molecular complexity index is 430. The van der Waals surface area contributed by atoms with Crippen molar-refractivity contribution in [3.05, 3.63) is 17.8 Å². The maximum Gasteiger partial charge on any atom is 0.305 e. The van der Waals surface area contributed by atoms with Gasteiger partial charge >= 0.3 is 5.97 Å². The number of aliphatic carboxylic acids is 1. The monoisotopic (exact) mass is 252 g/mol. The molecule has 0 unspecified atom stereocenters. The normalized spacial score (nSPS) is 9.94. The van der Waals surface area contributed by atoms with E-state index in [0.717, 1.165) is 0 Å². The molecule has 7 nitrogen and oxygen atoms in total. The van der Waals surface area contributed by atoms with E-state index in [-0.39, 0.29) is 18.0 Å². The number of aromatic nitrogens is 2. The van der Waals surface area contributed by atoms with E-state index in [9.17, 15) is 9.59 Å².